The molecule has 0 amide bonds. The molecule has 8 nitrogen and oxygen atoms in total. The van der Waals surface area contributed by atoms with Gasteiger partial charge in [-0.05, 0) is 55.6 Å². The molecule has 1 unspecified atom stereocenters. The van der Waals surface area contributed by atoms with Crippen LogP contribution in [-0.2, 0) is 11.4 Å². The van der Waals surface area contributed by atoms with Gasteiger partial charge in [-0.15, -0.1) is 5.69 Å². The van der Waals surface area contributed by atoms with Crippen LogP contribution in [0, 0.1) is 5.92 Å². The van der Waals surface area contributed by atoms with Crippen molar-refractivity contribution >= 4 is 22.7 Å². The Kier molecular flexibility index (Phi) is 12.3. The third-order valence-corrected chi connectivity index (χ3v) is 5.75. The number of benzene rings is 2. The van der Waals surface area contributed by atoms with E-state index < -0.39 is 0 Å². The monoisotopic (exact) mass is 465 g/mol. The maximum absolute atomic E-state index is 5.63. The van der Waals surface area contributed by atoms with Gasteiger partial charge in [-0.3, -0.25) is 4.90 Å². The number of nitrogens with one attached hydrogen (secondary N) is 3. The van der Waals surface area contributed by atoms with Gasteiger partial charge in [-0.2, -0.15) is 0 Å². The number of nitrogens with two attached hydrogens (primary N) is 2. The van der Waals surface area contributed by atoms with Gasteiger partial charge in [0.1, 0.15) is 6.17 Å². The minimum Gasteiger partial charge on any atom is -0.562 e. The third kappa shape index (κ3) is 7.86. The Morgan fingerprint density at radius 1 is 1.16 bits per heavy atom. The van der Waals surface area contributed by atoms with Crippen molar-refractivity contribution in [1.29, 1.82) is 0 Å². The van der Waals surface area contributed by atoms with E-state index >= 15 is 0 Å². The number of rotatable bonds is 8. The van der Waals surface area contributed by atoms with E-state index in [-0.39, 0.29) is 51.4 Å². The third-order valence-electron chi connectivity index (χ3n) is 5.75. The molecule has 2 aliphatic heterocycles. The first-order valence-electron chi connectivity index (χ1n) is 11.0. The Bertz CT molecular complexity index is 798. The number of para-hydroxylation sites is 2. The number of anilines is 3. The summed E-state index contributed by atoms with van der Waals surface area (Å²) in [5.74, 6) is 0.804. The SMILES string of the molecule is CNc1ccc([N-]OC)cc1CN.NCCC1CCN(CC2Nc3ccccc3N2)C1.[K+]. The number of nitrogens with zero attached hydrogens (tertiary/aromatic N) is 2. The molecular weight excluding hydrogens is 429 g/mol. The standard InChI is InChI=1S/C14H22N4.C9H14N3O.K/c15-7-5-11-6-8-18(9-11)10-14-16-12-3-1-2-4-13(12)17-14;1-11-9-4-3-8(12-13-2)5-7(9)6-10;/h1-4,11,14,16-17H,5-10,15H2;3-5,11H,6,10H2,1-2H3;/q;-1;+1. The summed E-state index contributed by atoms with van der Waals surface area (Å²) in [6.07, 6.45) is 2.82. The molecule has 0 saturated carbocycles. The van der Waals surface area contributed by atoms with E-state index in [0.717, 1.165) is 35.9 Å². The molecule has 0 spiro atoms. The predicted octanol–water partition coefficient (Wildman–Crippen LogP) is 0.278. The molecule has 32 heavy (non-hydrogen) atoms. The molecule has 1 fully saturated rings. The molecule has 4 rings (SSSR count). The van der Waals surface area contributed by atoms with Gasteiger partial charge >= 0.3 is 51.4 Å². The molecule has 2 heterocycles. The molecule has 0 aromatic heterocycles. The van der Waals surface area contributed by atoms with Gasteiger partial charge in [0.15, 0.2) is 0 Å². The summed E-state index contributed by atoms with van der Waals surface area (Å²) in [5, 5.41) is 10.1. The average Bonchev–Trinajstić information content (AvgIpc) is 3.41. The fraction of sp³-hybridized carbons (Fsp3) is 0.478. The second kappa shape index (κ2) is 14.4. The minimum absolute atomic E-state index is 0. The van der Waals surface area contributed by atoms with E-state index in [2.05, 4.69) is 55.4 Å². The Hall–Kier alpha value is -0.884. The zero-order chi connectivity index (χ0) is 22.1. The van der Waals surface area contributed by atoms with Crippen LogP contribution in [0.25, 0.3) is 5.48 Å². The van der Waals surface area contributed by atoms with E-state index in [1.807, 2.05) is 25.2 Å². The summed E-state index contributed by atoms with van der Waals surface area (Å²) in [6, 6.07) is 14.1. The summed E-state index contributed by atoms with van der Waals surface area (Å²) in [7, 11) is 3.38. The van der Waals surface area contributed by atoms with E-state index in [1.165, 1.54) is 44.4 Å². The van der Waals surface area contributed by atoms with Crippen molar-refractivity contribution in [2.24, 2.45) is 17.4 Å². The molecule has 1 saturated heterocycles. The van der Waals surface area contributed by atoms with Gasteiger partial charge in [0, 0.05) is 39.5 Å². The number of hydrogen-bond acceptors (Lipinski definition) is 7. The molecule has 7 N–H and O–H groups in total. The van der Waals surface area contributed by atoms with Gasteiger partial charge in [-0.1, -0.05) is 24.3 Å². The maximum atomic E-state index is 5.63. The second-order valence-electron chi connectivity index (χ2n) is 7.95. The van der Waals surface area contributed by atoms with Crippen LogP contribution < -0.4 is 78.8 Å². The first-order chi connectivity index (χ1) is 15.2. The van der Waals surface area contributed by atoms with Crippen LogP contribution in [0.2, 0.25) is 0 Å². The van der Waals surface area contributed by atoms with Crippen LogP contribution in [-0.4, -0.2) is 51.4 Å². The van der Waals surface area contributed by atoms with Crippen molar-refractivity contribution in [2.45, 2.75) is 25.6 Å². The Morgan fingerprint density at radius 3 is 2.47 bits per heavy atom. The molecule has 2 aromatic carbocycles. The largest absolute Gasteiger partial charge is 1.00 e. The van der Waals surface area contributed by atoms with Crippen molar-refractivity contribution < 1.29 is 56.2 Å². The van der Waals surface area contributed by atoms with Crippen LogP contribution in [0.4, 0.5) is 22.7 Å². The fourth-order valence-corrected chi connectivity index (χ4v) is 4.20. The molecule has 0 radical (unpaired) electrons. The van der Waals surface area contributed by atoms with Gasteiger partial charge < -0.3 is 37.7 Å². The van der Waals surface area contributed by atoms with Gasteiger partial charge in [0.25, 0.3) is 0 Å². The average molecular weight is 466 g/mol. The zero-order valence-corrected chi connectivity index (χ0v) is 22.7. The summed E-state index contributed by atoms with van der Waals surface area (Å²) in [4.78, 5) is 7.20. The van der Waals surface area contributed by atoms with Crippen molar-refractivity contribution in [1.82, 2.24) is 4.90 Å². The van der Waals surface area contributed by atoms with E-state index in [0.29, 0.717) is 12.7 Å². The molecule has 2 aliphatic rings. The first kappa shape index (κ1) is 27.4. The molecule has 0 aliphatic carbocycles. The van der Waals surface area contributed by atoms with Crippen LogP contribution >= 0.6 is 0 Å². The van der Waals surface area contributed by atoms with E-state index in [1.54, 1.807) is 0 Å². The summed E-state index contributed by atoms with van der Waals surface area (Å²) >= 11 is 0. The van der Waals surface area contributed by atoms with Crippen molar-refractivity contribution in [3.63, 3.8) is 0 Å². The van der Waals surface area contributed by atoms with Gasteiger partial charge in [0.05, 0.1) is 11.4 Å². The van der Waals surface area contributed by atoms with E-state index in [4.69, 9.17) is 11.5 Å². The molecule has 0 bridgehead atoms. The minimum atomic E-state index is 0. The Morgan fingerprint density at radius 2 is 1.88 bits per heavy atom. The van der Waals surface area contributed by atoms with Crippen LogP contribution in [0.15, 0.2) is 42.5 Å². The van der Waals surface area contributed by atoms with Crippen molar-refractivity contribution in [2.75, 3.05) is 56.3 Å². The fourth-order valence-electron chi connectivity index (χ4n) is 4.20. The number of fused-ring (bicyclic) bond motifs is 1. The van der Waals surface area contributed by atoms with Crippen LogP contribution in [0.5, 0.6) is 0 Å². The Labute approximate surface area is 234 Å². The summed E-state index contributed by atoms with van der Waals surface area (Å²) in [5.41, 5.74) is 20.3. The van der Waals surface area contributed by atoms with Crippen LogP contribution in [0.1, 0.15) is 18.4 Å². The summed E-state index contributed by atoms with van der Waals surface area (Å²) in [6.45, 7) is 4.79. The van der Waals surface area contributed by atoms with Gasteiger partial charge in [0.2, 0.25) is 0 Å². The molecule has 2 aromatic rings. The molecule has 170 valence electrons. The summed E-state index contributed by atoms with van der Waals surface area (Å²) < 4.78 is 0. The zero-order valence-electron chi connectivity index (χ0n) is 19.6. The number of likely N-dealkylation sites (tertiary alicyclic amines) is 1. The molecule has 1 atom stereocenters. The quantitative estimate of drug-likeness (QED) is 0.281. The van der Waals surface area contributed by atoms with E-state index in [9.17, 15) is 0 Å². The Balaban J connectivity index is 0.000000232. The molecule has 9 heteroatoms. The number of hydrogen-bond donors (Lipinski definition) is 5. The normalized spacial score (nSPS) is 17.3. The predicted molar refractivity (Wildman–Crippen MR) is 130 cm³/mol. The van der Waals surface area contributed by atoms with Crippen molar-refractivity contribution in [3.05, 3.63) is 53.5 Å². The van der Waals surface area contributed by atoms with Gasteiger partial charge in [-0.25, -0.2) is 0 Å². The second-order valence-corrected chi connectivity index (χ2v) is 7.95. The maximum Gasteiger partial charge on any atom is 1.00 e. The van der Waals surface area contributed by atoms with Crippen LogP contribution in [0.3, 0.4) is 0 Å². The molecular formula is C23H36KN7O. The first-order valence-corrected chi connectivity index (χ1v) is 11.0. The topological polar surface area (TPSA) is 115 Å². The van der Waals surface area contributed by atoms with Crippen molar-refractivity contribution in [3.8, 4) is 0 Å². The smallest absolute Gasteiger partial charge is 0.562 e.